The molecule has 5 rings (SSSR count). The monoisotopic (exact) mass is 657 g/mol. The molecule has 1 spiro atoms. The summed E-state index contributed by atoms with van der Waals surface area (Å²) in [6, 6.07) is 7.69. The van der Waals surface area contributed by atoms with Crippen molar-refractivity contribution < 1.29 is 33.8 Å². The van der Waals surface area contributed by atoms with Crippen molar-refractivity contribution in [2.24, 2.45) is 11.8 Å². The van der Waals surface area contributed by atoms with Gasteiger partial charge in [-0.1, -0.05) is 71.8 Å². The van der Waals surface area contributed by atoms with Gasteiger partial charge in [-0.3, -0.25) is 19.2 Å². The average Bonchev–Trinajstić information content (AvgIpc) is 3.59. The number of aliphatic hydroxyl groups is 1. The van der Waals surface area contributed by atoms with E-state index in [1.165, 1.54) is 4.90 Å². The molecule has 7 atom stereocenters. The third kappa shape index (κ3) is 6.04. The summed E-state index contributed by atoms with van der Waals surface area (Å²) >= 11 is 3.56. The molecule has 3 amide bonds. The van der Waals surface area contributed by atoms with Gasteiger partial charge in [-0.25, -0.2) is 0 Å². The van der Waals surface area contributed by atoms with Crippen molar-refractivity contribution in [3.63, 3.8) is 0 Å². The Morgan fingerprint density at radius 3 is 2.63 bits per heavy atom. The first-order chi connectivity index (χ1) is 20.7. The van der Waals surface area contributed by atoms with Crippen LogP contribution in [0.1, 0.15) is 45.1 Å². The topological polar surface area (TPSA) is 125 Å². The second-order valence-electron chi connectivity index (χ2n) is 11.8. The molecule has 5 bridgehead atoms. The maximum absolute atomic E-state index is 14.7. The van der Waals surface area contributed by atoms with Crippen LogP contribution in [0.15, 0.2) is 53.0 Å². The van der Waals surface area contributed by atoms with Gasteiger partial charge in [0.1, 0.15) is 29.8 Å². The molecule has 232 valence electrons. The number of ether oxygens (including phenoxy) is 2. The fourth-order valence-electron chi connectivity index (χ4n) is 6.75. The van der Waals surface area contributed by atoms with E-state index in [9.17, 15) is 24.3 Å². The van der Waals surface area contributed by atoms with E-state index >= 15 is 0 Å². The summed E-state index contributed by atoms with van der Waals surface area (Å²) in [4.78, 5) is 58.4. The van der Waals surface area contributed by atoms with E-state index in [-0.39, 0.29) is 31.4 Å². The minimum absolute atomic E-state index is 0.134. The smallest absolute Gasteiger partial charge is 0.313 e. The molecule has 1 aromatic rings. The first kappa shape index (κ1) is 31.4. The van der Waals surface area contributed by atoms with E-state index in [2.05, 4.69) is 21.2 Å². The van der Waals surface area contributed by atoms with Crippen molar-refractivity contribution in [1.29, 1.82) is 0 Å². The summed E-state index contributed by atoms with van der Waals surface area (Å²) in [5.74, 6) is -3.51. The van der Waals surface area contributed by atoms with E-state index in [4.69, 9.17) is 9.47 Å². The zero-order valence-electron chi connectivity index (χ0n) is 24.6. The lowest BCUT2D eigenvalue weighted by atomic mass is 9.74. The number of carbonyl (C=O) groups is 4. The van der Waals surface area contributed by atoms with Crippen LogP contribution in [0, 0.1) is 11.8 Å². The number of rotatable bonds is 7. The molecule has 0 aliphatic carbocycles. The number of benzene rings is 1. The molecule has 43 heavy (non-hydrogen) atoms. The number of nitrogens with one attached hydrogen (secondary N) is 1. The standard InChI is InChI=1S/C32H40BrN3O7/c1-3-4-14-35-15-10-6-9-13-24(38)34-18-20(2)42-31(41)25-26-29(39)36(22(19-37)16-21-11-7-5-8-12-21)28(30(35)40)32(26)17-23(33)27(25)43-32/h5-8,10-12,17,20,22,25-28,37H,3-4,9,13-16,18-19H2,1-2H3,(H,34,38)/b10-6-/t20-,22-,25+,26-,27+,28+,32-/m1/s1. The third-order valence-corrected chi connectivity index (χ3v) is 9.50. The number of unbranched alkanes of at least 4 members (excludes halogenated alkanes) is 1. The van der Waals surface area contributed by atoms with Crippen LogP contribution in [0.2, 0.25) is 0 Å². The van der Waals surface area contributed by atoms with Gasteiger partial charge >= 0.3 is 5.97 Å². The number of nitrogens with zero attached hydrogens (tertiary/aromatic N) is 2. The lowest BCUT2D eigenvalue weighted by Crippen LogP contribution is -2.59. The van der Waals surface area contributed by atoms with E-state index < -0.39 is 53.6 Å². The average molecular weight is 659 g/mol. The number of esters is 1. The number of allylic oxidation sites excluding steroid dienone is 1. The number of amides is 3. The van der Waals surface area contributed by atoms with Crippen LogP contribution in [0.5, 0.6) is 0 Å². The fraction of sp³-hybridized carbons (Fsp3) is 0.562. The first-order valence-corrected chi connectivity index (χ1v) is 15.9. The molecule has 1 aromatic carbocycles. The van der Waals surface area contributed by atoms with Crippen LogP contribution < -0.4 is 5.32 Å². The fourth-order valence-corrected chi connectivity index (χ4v) is 7.48. The molecule has 2 N–H and O–H groups in total. The second-order valence-corrected chi connectivity index (χ2v) is 12.7. The van der Waals surface area contributed by atoms with Crippen molar-refractivity contribution in [1.82, 2.24) is 15.1 Å². The molecule has 2 saturated heterocycles. The molecule has 11 heteroatoms. The van der Waals surface area contributed by atoms with Gasteiger partial charge in [0.15, 0.2) is 0 Å². The van der Waals surface area contributed by atoms with Crippen molar-refractivity contribution in [3.8, 4) is 0 Å². The highest BCUT2D eigenvalue weighted by molar-refractivity contribution is 9.11. The molecule has 10 nitrogen and oxygen atoms in total. The number of hydrogen-bond donors (Lipinski definition) is 2. The number of halogens is 1. The number of cyclic esters (lactones) is 1. The van der Waals surface area contributed by atoms with Crippen molar-refractivity contribution in [2.45, 2.75) is 75.8 Å². The quantitative estimate of drug-likeness (QED) is 0.341. The van der Waals surface area contributed by atoms with Crippen molar-refractivity contribution in [2.75, 3.05) is 26.2 Å². The van der Waals surface area contributed by atoms with Gasteiger partial charge in [-0.15, -0.1) is 0 Å². The van der Waals surface area contributed by atoms with Gasteiger partial charge < -0.3 is 29.7 Å². The van der Waals surface area contributed by atoms with Gasteiger partial charge in [0.25, 0.3) is 0 Å². The Hall–Kier alpha value is -3.02. The number of likely N-dealkylation sites (tertiary alicyclic amines) is 1. The van der Waals surface area contributed by atoms with Gasteiger partial charge in [-0.05, 0) is 37.8 Å². The Balaban J connectivity index is 1.60. The predicted molar refractivity (Wildman–Crippen MR) is 162 cm³/mol. The second kappa shape index (κ2) is 13.3. The number of hydrogen-bond acceptors (Lipinski definition) is 7. The largest absolute Gasteiger partial charge is 0.460 e. The molecule has 0 aromatic heterocycles. The maximum atomic E-state index is 14.7. The van der Waals surface area contributed by atoms with Crippen LogP contribution >= 0.6 is 15.9 Å². The van der Waals surface area contributed by atoms with Crippen molar-refractivity contribution >= 4 is 39.6 Å². The Labute approximate surface area is 260 Å². The first-order valence-electron chi connectivity index (χ1n) is 15.2. The maximum Gasteiger partial charge on any atom is 0.313 e. The van der Waals surface area contributed by atoms with Gasteiger partial charge in [0.2, 0.25) is 17.7 Å². The van der Waals surface area contributed by atoms with E-state index in [1.807, 2.05) is 49.4 Å². The molecular weight excluding hydrogens is 618 g/mol. The Kier molecular flexibility index (Phi) is 9.73. The van der Waals surface area contributed by atoms with Gasteiger partial charge in [0, 0.05) is 24.0 Å². The van der Waals surface area contributed by atoms with Crippen LogP contribution in [0.25, 0.3) is 0 Å². The lowest BCUT2D eigenvalue weighted by molar-refractivity contribution is -0.159. The van der Waals surface area contributed by atoms with E-state index in [0.717, 1.165) is 18.4 Å². The Bertz CT molecular complexity index is 1290. The number of fused-ring (bicyclic) bond motifs is 2. The van der Waals surface area contributed by atoms with E-state index in [1.54, 1.807) is 17.9 Å². The summed E-state index contributed by atoms with van der Waals surface area (Å²) in [6.45, 7) is 4.23. The zero-order chi connectivity index (χ0) is 30.7. The highest BCUT2D eigenvalue weighted by atomic mass is 79.9. The molecule has 0 radical (unpaired) electrons. The molecule has 4 heterocycles. The lowest BCUT2D eigenvalue weighted by Gasteiger charge is -2.38. The third-order valence-electron chi connectivity index (χ3n) is 8.82. The molecule has 0 saturated carbocycles. The Morgan fingerprint density at radius 1 is 1.14 bits per heavy atom. The van der Waals surface area contributed by atoms with Crippen LogP contribution in [0.4, 0.5) is 0 Å². The highest BCUT2D eigenvalue weighted by Gasteiger charge is 2.75. The van der Waals surface area contributed by atoms with Crippen LogP contribution in [-0.2, 0) is 35.1 Å². The van der Waals surface area contributed by atoms with E-state index in [0.29, 0.717) is 30.4 Å². The van der Waals surface area contributed by atoms with Gasteiger partial charge in [-0.2, -0.15) is 0 Å². The number of carbonyl (C=O) groups excluding carboxylic acids is 4. The summed E-state index contributed by atoms with van der Waals surface area (Å²) in [7, 11) is 0. The molecular formula is C32H40BrN3O7. The molecule has 4 aliphatic heterocycles. The summed E-state index contributed by atoms with van der Waals surface area (Å²) in [5, 5.41) is 13.5. The Morgan fingerprint density at radius 2 is 1.91 bits per heavy atom. The van der Waals surface area contributed by atoms with Crippen LogP contribution in [0.3, 0.4) is 0 Å². The predicted octanol–water partition coefficient (Wildman–Crippen LogP) is 2.49. The summed E-state index contributed by atoms with van der Waals surface area (Å²) in [5.41, 5.74) is -0.505. The van der Waals surface area contributed by atoms with Crippen molar-refractivity contribution in [3.05, 3.63) is 58.6 Å². The van der Waals surface area contributed by atoms with Crippen LogP contribution in [-0.4, -0.2) is 94.7 Å². The highest BCUT2D eigenvalue weighted by Crippen LogP contribution is 2.59. The molecule has 2 fully saturated rings. The summed E-state index contributed by atoms with van der Waals surface area (Å²) < 4.78 is 12.9. The minimum atomic E-state index is -1.41. The number of aliphatic hydroxyl groups excluding tert-OH is 1. The molecule has 4 aliphatic rings. The summed E-state index contributed by atoms with van der Waals surface area (Å²) in [6.07, 6.45) is 6.79. The molecule has 0 unspecified atom stereocenters. The SMILES string of the molecule is CCCCN1C/C=C\CCC(=O)NC[C@@H](C)OC(=O)[C@@H]2[C@H]3O[C@@]4(C=C3Br)[C@H](C1=O)N([C@@H](CO)Cc1ccccc1)C(=O)[C@@H]24. The minimum Gasteiger partial charge on any atom is -0.460 e. The normalized spacial score (nSPS) is 32.7. The van der Waals surface area contributed by atoms with Gasteiger partial charge in [0.05, 0.1) is 25.1 Å². The zero-order valence-corrected chi connectivity index (χ0v) is 26.2.